The minimum Gasteiger partial charge on any atom is -0.483 e. The molecule has 3 aromatic carbocycles. The van der Waals surface area contributed by atoms with E-state index in [9.17, 15) is 14.0 Å². The number of nitrogens with zero attached hydrogens (tertiary/aromatic N) is 1. The maximum atomic E-state index is 13.5. The zero-order chi connectivity index (χ0) is 24.7. The van der Waals surface area contributed by atoms with Crippen LogP contribution in [0.2, 0.25) is 0 Å². The average molecular weight is 463 g/mol. The van der Waals surface area contributed by atoms with Gasteiger partial charge in [-0.1, -0.05) is 48.5 Å². The second-order valence-corrected chi connectivity index (χ2v) is 8.46. The summed E-state index contributed by atoms with van der Waals surface area (Å²) in [6.07, 6.45) is 0.343. The van der Waals surface area contributed by atoms with Gasteiger partial charge >= 0.3 is 0 Å². The van der Waals surface area contributed by atoms with Crippen LogP contribution in [0.1, 0.15) is 27.8 Å². The van der Waals surface area contributed by atoms with E-state index in [1.165, 1.54) is 17.0 Å². The molecule has 1 N–H and O–H groups in total. The fourth-order valence-electron chi connectivity index (χ4n) is 3.88. The Hall–Kier alpha value is -3.67. The second kappa shape index (κ2) is 11.5. The number of likely N-dealkylation sites (N-methyl/N-ethyl adjacent to an activating group) is 1. The van der Waals surface area contributed by atoms with Crippen LogP contribution >= 0.6 is 0 Å². The van der Waals surface area contributed by atoms with Crippen molar-refractivity contribution in [1.29, 1.82) is 0 Å². The van der Waals surface area contributed by atoms with Crippen LogP contribution in [0.15, 0.2) is 66.7 Å². The molecular weight excluding hydrogens is 431 g/mol. The molecule has 6 heteroatoms. The molecule has 0 aliphatic rings. The number of carbonyl (C=O) groups is 2. The molecule has 0 spiro atoms. The first-order chi connectivity index (χ1) is 16.3. The highest BCUT2D eigenvalue weighted by atomic mass is 19.1. The molecule has 3 rings (SSSR count). The highest BCUT2D eigenvalue weighted by Crippen LogP contribution is 2.24. The number of carbonyl (C=O) groups excluding carboxylic acids is 2. The quantitative estimate of drug-likeness (QED) is 0.509. The van der Waals surface area contributed by atoms with E-state index in [4.69, 9.17) is 4.74 Å². The molecule has 5 nitrogen and oxygen atoms in total. The van der Waals surface area contributed by atoms with Crippen LogP contribution < -0.4 is 10.1 Å². The third-order valence-electron chi connectivity index (χ3n) is 5.90. The second-order valence-electron chi connectivity index (χ2n) is 8.46. The molecule has 2 amide bonds. The lowest BCUT2D eigenvalue weighted by Crippen LogP contribution is -2.51. The normalized spacial score (nSPS) is 11.6. The Morgan fingerprint density at radius 3 is 2.29 bits per heavy atom. The van der Waals surface area contributed by atoms with E-state index in [0.717, 1.165) is 27.8 Å². The summed E-state index contributed by atoms with van der Waals surface area (Å²) < 4.78 is 19.4. The molecule has 34 heavy (non-hydrogen) atoms. The first kappa shape index (κ1) is 25.0. The van der Waals surface area contributed by atoms with Crippen LogP contribution in [0.25, 0.3) is 0 Å². The summed E-state index contributed by atoms with van der Waals surface area (Å²) >= 11 is 0. The van der Waals surface area contributed by atoms with Gasteiger partial charge in [-0.15, -0.1) is 0 Å². The van der Waals surface area contributed by atoms with Gasteiger partial charge in [0.2, 0.25) is 5.91 Å². The summed E-state index contributed by atoms with van der Waals surface area (Å²) in [5.74, 6) is -0.316. The van der Waals surface area contributed by atoms with Gasteiger partial charge in [-0.3, -0.25) is 9.59 Å². The van der Waals surface area contributed by atoms with Crippen molar-refractivity contribution in [2.45, 2.75) is 39.8 Å². The Kier molecular flexibility index (Phi) is 8.41. The number of hydrogen-bond acceptors (Lipinski definition) is 3. The molecule has 3 aromatic rings. The van der Waals surface area contributed by atoms with Crippen molar-refractivity contribution in [3.63, 3.8) is 0 Å². The fourth-order valence-corrected chi connectivity index (χ4v) is 3.88. The number of benzene rings is 3. The van der Waals surface area contributed by atoms with Gasteiger partial charge in [-0.2, -0.15) is 0 Å². The van der Waals surface area contributed by atoms with Crippen LogP contribution in [0.3, 0.4) is 0 Å². The van der Waals surface area contributed by atoms with Crippen LogP contribution in [-0.4, -0.2) is 36.4 Å². The molecule has 0 aliphatic carbocycles. The van der Waals surface area contributed by atoms with Gasteiger partial charge in [-0.05, 0) is 66.8 Å². The minimum atomic E-state index is -0.756. The molecule has 0 aromatic heterocycles. The summed E-state index contributed by atoms with van der Waals surface area (Å²) in [6.45, 7) is 5.86. The van der Waals surface area contributed by atoms with Crippen molar-refractivity contribution in [1.82, 2.24) is 10.2 Å². The van der Waals surface area contributed by atoms with E-state index in [1.54, 1.807) is 19.2 Å². The molecule has 0 saturated heterocycles. The molecular formula is C28H31FN2O3. The smallest absolute Gasteiger partial charge is 0.261 e. The average Bonchev–Trinajstić information content (AvgIpc) is 2.83. The van der Waals surface area contributed by atoms with Crippen LogP contribution in [-0.2, 0) is 22.6 Å². The number of rotatable bonds is 9. The SMILES string of the molecule is CNC(=O)[C@@H](Cc1ccccc1)N(Cc1ccc(F)cc1)C(=O)COc1cc(C)cc(C)c1C. The number of aryl methyl sites for hydroxylation is 2. The Balaban J connectivity index is 1.89. The molecule has 0 unspecified atom stereocenters. The van der Waals surface area contributed by atoms with Crippen LogP contribution in [0.4, 0.5) is 4.39 Å². The van der Waals surface area contributed by atoms with Crippen molar-refractivity contribution < 1.29 is 18.7 Å². The van der Waals surface area contributed by atoms with E-state index < -0.39 is 6.04 Å². The Labute approximate surface area is 200 Å². The van der Waals surface area contributed by atoms with Crippen LogP contribution in [0.5, 0.6) is 5.75 Å². The van der Waals surface area contributed by atoms with E-state index in [-0.39, 0.29) is 30.8 Å². The number of ether oxygens (including phenoxy) is 1. The third kappa shape index (κ3) is 6.44. The monoisotopic (exact) mass is 462 g/mol. The third-order valence-corrected chi connectivity index (χ3v) is 5.90. The van der Waals surface area contributed by atoms with Gasteiger partial charge < -0.3 is 15.0 Å². The van der Waals surface area contributed by atoms with Crippen molar-refractivity contribution in [3.8, 4) is 5.75 Å². The Morgan fingerprint density at radius 2 is 1.65 bits per heavy atom. The van der Waals surface area contributed by atoms with Gasteiger partial charge in [0, 0.05) is 20.0 Å². The molecule has 0 saturated carbocycles. The standard InChI is InChI=1S/C28H31FN2O3/c1-19-14-20(2)21(3)26(15-19)34-18-27(32)31(17-23-10-12-24(29)13-11-23)25(28(33)30-4)16-22-8-6-5-7-9-22/h5-15,25H,16-18H2,1-4H3,(H,30,33)/t25-/m1/s1. The molecule has 0 aliphatic heterocycles. The fraction of sp³-hybridized carbons (Fsp3) is 0.286. The predicted molar refractivity (Wildman–Crippen MR) is 131 cm³/mol. The molecule has 0 radical (unpaired) electrons. The topological polar surface area (TPSA) is 58.6 Å². The van der Waals surface area contributed by atoms with E-state index in [0.29, 0.717) is 12.2 Å². The largest absolute Gasteiger partial charge is 0.483 e. The van der Waals surface area contributed by atoms with Crippen molar-refractivity contribution in [2.24, 2.45) is 0 Å². The Bertz CT molecular complexity index is 1130. The van der Waals surface area contributed by atoms with Gasteiger partial charge in [0.15, 0.2) is 6.61 Å². The van der Waals surface area contributed by atoms with Gasteiger partial charge in [0.1, 0.15) is 17.6 Å². The minimum absolute atomic E-state index is 0.152. The molecule has 0 bridgehead atoms. The summed E-state index contributed by atoms with van der Waals surface area (Å²) in [6, 6.07) is 18.7. The Morgan fingerprint density at radius 1 is 0.971 bits per heavy atom. The van der Waals surface area contributed by atoms with Crippen LogP contribution in [0, 0.1) is 26.6 Å². The molecule has 0 heterocycles. The number of amides is 2. The van der Waals surface area contributed by atoms with Gasteiger partial charge in [0.25, 0.3) is 5.91 Å². The summed E-state index contributed by atoms with van der Waals surface area (Å²) in [5.41, 5.74) is 4.74. The zero-order valence-corrected chi connectivity index (χ0v) is 20.1. The lowest BCUT2D eigenvalue weighted by Gasteiger charge is -2.31. The summed E-state index contributed by atoms with van der Waals surface area (Å²) in [4.78, 5) is 27.9. The zero-order valence-electron chi connectivity index (χ0n) is 20.1. The van der Waals surface area contributed by atoms with E-state index >= 15 is 0 Å². The predicted octanol–water partition coefficient (Wildman–Crippen LogP) is 4.52. The first-order valence-corrected chi connectivity index (χ1v) is 11.3. The van der Waals surface area contributed by atoms with Crippen molar-refractivity contribution in [3.05, 3.63) is 100 Å². The van der Waals surface area contributed by atoms with E-state index in [2.05, 4.69) is 11.4 Å². The lowest BCUT2D eigenvalue weighted by atomic mass is 10.0. The molecule has 178 valence electrons. The summed E-state index contributed by atoms with van der Waals surface area (Å²) in [5, 5.41) is 2.68. The first-order valence-electron chi connectivity index (χ1n) is 11.3. The molecule has 0 fully saturated rings. The maximum Gasteiger partial charge on any atom is 0.261 e. The van der Waals surface area contributed by atoms with Crippen molar-refractivity contribution in [2.75, 3.05) is 13.7 Å². The van der Waals surface area contributed by atoms with E-state index in [1.807, 2.05) is 57.2 Å². The van der Waals surface area contributed by atoms with Gasteiger partial charge in [0.05, 0.1) is 0 Å². The lowest BCUT2D eigenvalue weighted by molar-refractivity contribution is -0.142. The van der Waals surface area contributed by atoms with Crippen molar-refractivity contribution >= 4 is 11.8 Å². The van der Waals surface area contributed by atoms with Gasteiger partial charge in [-0.25, -0.2) is 4.39 Å². The highest BCUT2D eigenvalue weighted by Gasteiger charge is 2.30. The number of nitrogens with one attached hydrogen (secondary N) is 1. The summed E-state index contributed by atoms with van der Waals surface area (Å²) in [7, 11) is 1.55. The maximum absolute atomic E-state index is 13.5. The highest BCUT2D eigenvalue weighted by molar-refractivity contribution is 5.88. The number of halogens is 1. The number of hydrogen-bond donors (Lipinski definition) is 1. The molecule has 1 atom stereocenters.